The van der Waals surface area contributed by atoms with Gasteiger partial charge in [0.15, 0.2) is 5.11 Å². The van der Waals surface area contributed by atoms with Crippen molar-refractivity contribution >= 4 is 40.7 Å². The summed E-state index contributed by atoms with van der Waals surface area (Å²) >= 11 is 4.94. The lowest BCUT2D eigenvalue weighted by Gasteiger charge is -2.08. The van der Waals surface area contributed by atoms with E-state index in [4.69, 9.17) is 16.6 Å². The second-order valence-electron chi connectivity index (χ2n) is 5.77. The van der Waals surface area contributed by atoms with E-state index in [9.17, 15) is 19.3 Å². The zero-order chi connectivity index (χ0) is 20.8. The van der Waals surface area contributed by atoms with Crippen LogP contribution in [-0.4, -0.2) is 15.9 Å². The Morgan fingerprint density at radius 3 is 2.62 bits per heavy atom. The smallest absolute Gasteiger partial charge is 0.271 e. The van der Waals surface area contributed by atoms with Gasteiger partial charge in [-0.25, -0.2) is 4.39 Å². The van der Waals surface area contributed by atoms with Gasteiger partial charge < -0.3 is 9.73 Å². The van der Waals surface area contributed by atoms with Crippen LogP contribution in [-0.2, 0) is 4.79 Å². The van der Waals surface area contributed by atoms with Gasteiger partial charge in [-0.3, -0.25) is 20.2 Å². The Hall–Kier alpha value is -3.85. The minimum atomic E-state index is -0.744. The molecule has 9 heteroatoms. The molecular formula is C20H14FN3O4S. The zero-order valence-corrected chi connectivity index (χ0v) is 15.6. The van der Waals surface area contributed by atoms with Crippen molar-refractivity contribution in [1.29, 1.82) is 0 Å². The highest BCUT2D eigenvalue weighted by molar-refractivity contribution is 7.80. The highest BCUT2D eigenvalue weighted by Crippen LogP contribution is 2.22. The first-order valence-electron chi connectivity index (χ1n) is 8.31. The fraction of sp³-hybridized carbons (Fsp3) is 0. The number of benzene rings is 2. The molecule has 0 radical (unpaired) electrons. The predicted octanol–water partition coefficient (Wildman–Crippen LogP) is 4.52. The molecule has 0 bridgehead atoms. The number of carbonyl (C=O) groups is 1. The standard InChI is InChI=1S/C20H14FN3O4S/c21-16-9-6-14(24(26)27)12-17(16)22-20(29)23-19(25)11-8-15-7-10-18(28-15)13-4-2-1-3-5-13/h1-12H,(H2,22,23,25,29)/b11-8+. The Morgan fingerprint density at radius 2 is 1.90 bits per heavy atom. The molecule has 2 N–H and O–H groups in total. The summed E-state index contributed by atoms with van der Waals surface area (Å²) in [6.07, 6.45) is 2.66. The molecule has 146 valence electrons. The molecule has 0 saturated carbocycles. The van der Waals surface area contributed by atoms with Gasteiger partial charge in [0.2, 0.25) is 5.91 Å². The second-order valence-corrected chi connectivity index (χ2v) is 6.17. The lowest BCUT2D eigenvalue weighted by Crippen LogP contribution is -2.33. The van der Waals surface area contributed by atoms with Crippen LogP contribution < -0.4 is 10.6 Å². The first-order chi connectivity index (χ1) is 13.9. The van der Waals surface area contributed by atoms with Gasteiger partial charge in [-0.2, -0.15) is 0 Å². The summed E-state index contributed by atoms with van der Waals surface area (Å²) in [6, 6.07) is 15.9. The molecule has 0 spiro atoms. The molecule has 0 saturated heterocycles. The van der Waals surface area contributed by atoms with E-state index in [-0.39, 0.29) is 16.5 Å². The van der Waals surface area contributed by atoms with Gasteiger partial charge in [-0.05, 0) is 36.5 Å². The molecule has 29 heavy (non-hydrogen) atoms. The van der Waals surface area contributed by atoms with Crippen LogP contribution in [0.1, 0.15) is 5.76 Å². The van der Waals surface area contributed by atoms with E-state index in [0.29, 0.717) is 11.5 Å². The van der Waals surface area contributed by atoms with Crippen molar-refractivity contribution in [2.45, 2.75) is 0 Å². The molecular weight excluding hydrogens is 397 g/mol. The van der Waals surface area contributed by atoms with Crippen molar-refractivity contribution in [3.8, 4) is 11.3 Å². The summed E-state index contributed by atoms with van der Waals surface area (Å²) in [5.41, 5.74) is 0.378. The fourth-order valence-electron chi connectivity index (χ4n) is 2.39. The van der Waals surface area contributed by atoms with Gasteiger partial charge in [0, 0.05) is 23.8 Å². The van der Waals surface area contributed by atoms with Gasteiger partial charge in [-0.1, -0.05) is 30.3 Å². The number of nitrogens with one attached hydrogen (secondary N) is 2. The van der Waals surface area contributed by atoms with Crippen LogP contribution in [0.5, 0.6) is 0 Å². The van der Waals surface area contributed by atoms with Crippen molar-refractivity contribution in [1.82, 2.24) is 5.32 Å². The number of nitro benzene ring substituents is 1. The molecule has 1 aromatic heterocycles. The van der Waals surface area contributed by atoms with Gasteiger partial charge in [-0.15, -0.1) is 0 Å². The number of halogens is 1. The Labute approximate surface area is 170 Å². The molecule has 0 aliphatic rings. The second kappa shape index (κ2) is 8.89. The number of furan rings is 1. The fourth-order valence-corrected chi connectivity index (χ4v) is 2.60. The Balaban J connectivity index is 1.59. The predicted molar refractivity (Wildman–Crippen MR) is 111 cm³/mol. The van der Waals surface area contributed by atoms with Crippen molar-refractivity contribution < 1.29 is 18.5 Å². The third-order valence-electron chi connectivity index (χ3n) is 3.73. The Bertz CT molecular complexity index is 1100. The quantitative estimate of drug-likeness (QED) is 0.277. The molecule has 7 nitrogen and oxygen atoms in total. The van der Waals surface area contributed by atoms with E-state index in [2.05, 4.69) is 10.6 Å². The number of hydrogen-bond acceptors (Lipinski definition) is 5. The number of rotatable bonds is 5. The van der Waals surface area contributed by atoms with E-state index >= 15 is 0 Å². The maximum atomic E-state index is 13.8. The first kappa shape index (κ1) is 19.9. The minimum absolute atomic E-state index is 0.205. The lowest BCUT2D eigenvalue weighted by atomic mass is 10.2. The number of thiocarbonyl (C=S) groups is 1. The Morgan fingerprint density at radius 1 is 1.14 bits per heavy atom. The molecule has 2 aromatic carbocycles. The molecule has 0 aliphatic carbocycles. The van der Waals surface area contributed by atoms with E-state index in [1.54, 1.807) is 12.1 Å². The topological polar surface area (TPSA) is 97.4 Å². The molecule has 0 aliphatic heterocycles. The summed E-state index contributed by atoms with van der Waals surface area (Å²) < 4.78 is 19.4. The summed E-state index contributed by atoms with van der Waals surface area (Å²) in [7, 11) is 0. The average Bonchev–Trinajstić information content (AvgIpc) is 3.17. The normalized spacial score (nSPS) is 10.7. The molecule has 1 amide bonds. The molecule has 0 fully saturated rings. The van der Waals surface area contributed by atoms with Crippen LogP contribution in [0, 0.1) is 15.9 Å². The average molecular weight is 411 g/mol. The summed E-state index contributed by atoms with van der Waals surface area (Å²) in [4.78, 5) is 22.1. The summed E-state index contributed by atoms with van der Waals surface area (Å²) in [5.74, 6) is -0.204. The number of nitrogens with zero attached hydrogens (tertiary/aromatic N) is 1. The van der Waals surface area contributed by atoms with Gasteiger partial charge in [0.1, 0.15) is 17.3 Å². The molecule has 1 heterocycles. The maximum absolute atomic E-state index is 13.8. The molecule has 0 atom stereocenters. The van der Waals surface area contributed by atoms with E-state index in [1.165, 1.54) is 12.2 Å². The van der Waals surface area contributed by atoms with Gasteiger partial charge >= 0.3 is 0 Å². The van der Waals surface area contributed by atoms with E-state index < -0.39 is 16.6 Å². The van der Waals surface area contributed by atoms with Crippen LogP contribution in [0.15, 0.2) is 71.2 Å². The van der Waals surface area contributed by atoms with Crippen LogP contribution in [0.4, 0.5) is 15.8 Å². The van der Waals surface area contributed by atoms with Crippen molar-refractivity contribution in [2.24, 2.45) is 0 Å². The Kier molecular flexibility index (Phi) is 6.10. The van der Waals surface area contributed by atoms with Crippen molar-refractivity contribution in [3.05, 3.63) is 88.4 Å². The minimum Gasteiger partial charge on any atom is -0.457 e. The largest absolute Gasteiger partial charge is 0.457 e. The molecule has 0 unspecified atom stereocenters. The SMILES string of the molecule is O=C(/C=C/c1ccc(-c2ccccc2)o1)NC(=S)Nc1cc([N+](=O)[O-])ccc1F. The number of amides is 1. The molecule has 3 rings (SSSR count). The van der Waals surface area contributed by atoms with Crippen LogP contribution in [0.25, 0.3) is 17.4 Å². The van der Waals surface area contributed by atoms with Crippen molar-refractivity contribution in [2.75, 3.05) is 5.32 Å². The number of non-ortho nitro benzene ring substituents is 1. The van der Waals surface area contributed by atoms with Crippen LogP contribution in [0.3, 0.4) is 0 Å². The van der Waals surface area contributed by atoms with Gasteiger partial charge in [0.05, 0.1) is 10.6 Å². The van der Waals surface area contributed by atoms with Crippen LogP contribution >= 0.6 is 12.2 Å². The monoisotopic (exact) mass is 411 g/mol. The van der Waals surface area contributed by atoms with Crippen molar-refractivity contribution in [3.63, 3.8) is 0 Å². The number of hydrogen-bond donors (Lipinski definition) is 2. The number of carbonyl (C=O) groups excluding carboxylic acids is 1. The third-order valence-corrected chi connectivity index (χ3v) is 3.93. The number of nitro groups is 1. The lowest BCUT2D eigenvalue weighted by molar-refractivity contribution is -0.384. The van der Waals surface area contributed by atoms with Gasteiger partial charge in [0.25, 0.3) is 5.69 Å². The summed E-state index contributed by atoms with van der Waals surface area (Å²) in [6.45, 7) is 0. The van der Waals surface area contributed by atoms with E-state index in [0.717, 1.165) is 23.8 Å². The number of anilines is 1. The van der Waals surface area contributed by atoms with Crippen LogP contribution in [0.2, 0.25) is 0 Å². The highest BCUT2D eigenvalue weighted by Gasteiger charge is 2.12. The van der Waals surface area contributed by atoms with E-state index in [1.807, 2.05) is 30.3 Å². The first-order valence-corrected chi connectivity index (χ1v) is 8.72. The molecule has 3 aromatic rings. The summed E-state index contributed by atoms with van der Waals surface area (Å²) in [5, 5.41) is 15.3. The third kappa shape index (κ3) is 5.33. The highest BCUT2D eigenvalue weighted by atomic mass is 32.1. The zero-order valence-electron chi connectivity index (χ0n) is 14.8. The maximum Gasteiger partial charge on any atom is 0.271 e.